The first-order valence-corrected chi connectivity index (χ1v) is 7.59. The molecule has 21 heavy (non-hydrogen) atoms. The fourth-order valence-electron chi connectivity index (χ4n) is 2.83. The largest absolute Gasteiger partial charge is 0.493 e. The highest BCUT2D eigenvalue weighted by Gasteiger charge is 2.15. The van der Waals surface area contributed by atoms with Gasteiger partial charge in [0.25, 0.3) is 0 Å². The molecule has 0 bridgehead atoms. The highest BCUT2D eigenvalue weighted by molar-refractivity contribution is 5.96. The van der Waals surface area contributed by atoms with E-state index in [1.54, 1.807) is 0 Å². The Hall–Kier alpha value is -1.88. The van der Waals surface area contributed by atoms with Crippen LogP contribution in [0.2, 0.25) is 0 Å². The first-order chi connectivity index (χ1) is 10.2. The molecule has 0 aliphatic rings. The van der Waals surface area contributed by atoms with E-state index >= 15 is 0 Å². The molecule has 2 rings (SSSR count). The molecule has 0 unspecified atom stereocenters. The van der Waals surface area contributed by atoms with Gasteiger partial charge in [0.15, 0.2) is 5.69 Å². The van der Waals surface area contributed by atoms with Crippen LogP contribution in [0.15, 0.2) is 23.4 Å². The number of fused-ring (bicyclic) bond motifs is 1. The van der Waals surface area contributed by atoms with Crippen LogP contribution in [0, 0.1) is 4.91 Å². The first-order valence-electron chi connectivity index (χ1n) is 7.59. The van der Waals surface area contributed by atoms with Crippen LogP contribution >= 0.6 is 0 Å². The Kier molecular flexibility index (Phi) is 5.33. The number of nitrogens with zero attached hydrogens (tertiary/aromatic N) is 2. The van der Waals surface area contributed by atoms with Crippen LogP contribution in [-0.2, 0) is 6.42 Å². The Morgan fingerprint density at radius 1 is 1.19 bits per heavy atom. The number of aromatic hydroxyl groups is 1. The maximum Gasteiger partial charge on any atom is 0.219 e. The van der Waals surface area contributed by atoms with Gasteiger partial charge in [0.05, 0.1) is 5.52 Å². The van der Waals surface area contributed by atoms with Gasteiger partial charge in [-0.3, -0.25) is 0 Å². The topological polar surface area (TPSA) is 68.7 Å². The van der Waals surface area contributed by atoms with Crippen LogP contribution in [0.4, 0.5) is 5.69 Å². The van der Waals surface area contributed by atoms with Crippen molar-refractivity contribution in [3.05, 3.63) is 28.7 Å². The number of H-pyrrole nitrogens is 1. The van der Waals surface area contributed by atoms with Crippen LogP contribution in [0.1, 0.15) is 32.3 Å². The van der Waals surface area contributed by atoms with Crippen molar-refractivity contribution in [2.24, 2.45) is 5.18 Å². The van der Waals surface area contributed by atoms with Crippen LogP contribution in [-0.4, -0.2) is 34.6 Å². The molecule has 0 saturated carbocycles. The molecule has 0 amide bonds. The van der Waals surface area contributed by atoms with Gasteiger partial charge < -0.3 is 15.0 Å². The first kappa shape index (κ1) is 15.5. The van der Waals surface area contributed by atoms with Crippen molar-refractivity contribution in [3.8, 4) is 5.88 Å². The zero-order valence-corrected chi connectivity index (χ0v) is 12.7. The molecule has 0 aliphatic heterocycles. The lowest BCUT2D eigenvalue weighted by molar-refractivity contribution is 0.278. The van der Waals surface area contributed by atoms with E-state index < -0.39 is 0 Å². The minimum Gasteiger partial charge on any atom is -0.493 e. The van der Waals surface area contributed by atoms with E-state index in [0.29, 0.717) is 0 Å². The zero-order chi connectivity index (χ0) is 15.2. The van der Waals surface area contributed by atoms with Gasteiger partial charge in [-0.15, -0.1) is 4.91 Å². The van der Waals surface area contributed by atoms with Crippen LogP contribution in [0.5, 0.6) is 5.88 Å². The van der Waals surface area contributed by atoms with Gasteiger partial charge in [0.2, 0.25) is 5.88 Å². The molecule has 0 aliphatic carbocycles. The molecular formula is C16H23N3O2. The van der Waals surface area contributed by atoms with E-state index in [-0.39, 0.29) is 11.6 Å². The summed E-state index contributed by atoms with van der Waals surface area (Å²) in [7, 11) is 0. The number of aromatic nitrogens is 1. The van der Waals surface area contributed by atoms with E-state index in [1.807, 2.05) is 18.2 Å². The third-order valence-electron chi connectivity index (χ3n) is 3.73. The summed E-state index contributed by atoms with van der Waals surface area (Å²) in [6.07, 6.45) is 3.11. The molecule has 0 spiro atoms. The molecule has 1 heterocycles. The maximum atomic E-state index is 11.0. The summed E-state index contributed by atoms with van der Waals surface area (Å²) in [4.78, 5) is 16.2. The standard InChI is InChI=1S/C16H23N3O2/c1-3-9-19(10-4-2)11-8-12-6-5-7-13-14(12)15(18-21)16(20)17-13/h5-7,17,20H,3-4,8-11H2,1-2H3. The predicted octanol–water partition coefficient (Wildman–Crippen LogP) is 3.94. The van der Waals surface area contributed by atoms with E-state index in [4.69, 9.17) is 0 Å². The third-order valence-corrected chi connectivity index (χ3v) is 3.73. The molecule has 5 nitrogen and oxygen atoms in total. The van der Waals surface area contributed by atoms with Crippen LogP contribution in [0.3, 0.4) is 0 Å². The van der Waals surface area contributed by atoms with Gasteiger partial charge in [-0.1, -0.05) is 26.0 Å². The van der Waals surface area contributed by atoms with Crippen LogP contribution in [0.25, 0.3) is 10.9 Å². The minimum absolute atomic E-state index is 0.123. The molecule has 0 fully saturated rings. The van der Waals surface area contributed by atoms with Crippen molar-refractivity contribution in [2.75, 3.05) is 19.6 Å². The smallest absolute Gasteiger partial charge is 0.219 e. The van der Waals surface area contributed by atoms with Gasteiger partial charge in [0, 0.05) is 11.9 Å². The normalized spacial score (nSPS) is 11.4. The van der Waals surface area contributed by atoms with E-state index in [1.165, 1.54) is 0 Å². The highest BCUT2D eigenvalue weighted by Crippen LogP contribution is 2.37. The Morgan fingerprint density at radius 2 is 1.90 bits per heavy atom. The second-order valence-corrected chi connectivity index (χ2v) is 5.34. The fraction of sp³-hybridized carbons (Fsp3) is 0.500. The molecule has 5 heteroatoms. The molecule has 1 aromatic carbocycles. The molecule has 2 aromatic rings. The summed E-state index contributed by atoms with van der Waals surface area (Å²) < 4.78 is 0. The quantitative estimate of drug-likeness (QED) is 0.723. The molecule has 2 N–H and O–H groups in total. The molecule has 0 radical (unpaired) electrons. The van der Waals surface area contributed by atoms with Crippen molar-refractivity contribution >= 4 is 16.6 Å². The molecular weight excluding hydrogens is 266 g/mol. The lowest BCUT2D eigenvalue weighted by Crippen LogP contribution is -2.27. The lowest BCUT2D eigenvalue weighted by atomic mass is 10.1. The predicted molar refractivity (Wildman–Crippen MR) is 86.1 cm³/mol. The lowest BCUT2D eigenvalue weighted by Gasteiger charge is -2.21. The SMILES string of the molecule is CCCN(CCC)CCc1cccc2[nH]c(O)c(N=O)c12. The summed E-state index contributed by atoms with van der Waals surface area (Å²) in [6.45, 7) is 7.48. The number of nitrogens with one attached hydrogen (secondary N) is 1. The van der Waals surface area contributed by atoms with Gasteiger partial charge in [0.1, 0.15) is 0 Å². The number of aromatic amines is 1. The molecule has 0 saturated heterocycles. The average molecular weight is 289 g/mol. The van der Waals surface area contributed by atoms with Gasteiger partial charge in [-0.05, 0) is 49.2 Å². The number of rotatable bonds is 8. The van der Waals surface area contributed by atoms with Gasteiger partial charge in [-0.25, -0.2) is 0 Å². The van der Waals surface area contributed by atoms with Crippen molar-refractivity contribution in [1.82, 2.24) is 9.88 Å². The van der Waals surface area contributed by atoms with E-state index in [0.717, 1.165) is 55.4 Å². The maximum absolute atomic E-state index is 11.0. The zero-order valence-electron chi connectivity index (χ0n) is 12.7. The highest BCUT2D eigenvalue weighted by atomic mass is 16.3. The second kappa shape index (κ2) is 7.22. The monoisotopic (exact) mass is 289 g/mol. The molecule has 0 atom stereocenters. The Balaban J connectivity index is 2.23. The average Bonchev–Trinajstić information content (AvgIpc) is 2.81. The minimum atomic E-state index is -0.147. The van der Waals surface area contributed by atoms with Gasteiger partial charge in [-0.2, -0.15) is 0 Å². The molecule has 114 valence electrons. The Morgan fingerprint density at radius 3 is 2.52 bits per heavy atom. The summed E-state index contributed by atoms with van der Waals surface area (Å²) >= 11 is 0. The molecule has 1 aromatic heterocycles. The van der Waals surface area contributed by atoms with Gasteiger partial charge >= 0.3 is 0 Å². The Bertz CT molecular complexity index is 601. The number of hydrogen-bond acceptors (Lipinski definition) is 4. The van der Waals surface area contributed by atoms with Crippen molar-refractivity contribution < 1.29 is 5.11 Å². The Labute approximate surface area is 124 Å². The van der Waals surface area contributed by atoms with Crippen molar-refractivity contribution in [3.63, 3.8) is 0 Å². The summed E-state index contributed by atoms with van der Waals surface area (Å²) in [5.41, 5.74) is 1.94. The van der Waals surface area contributed by atoms with Crippen molar-refractivity contribution in [1.29, 1.82) is 0 Å². The second-order valence-electron chi connectivity index (χ2n) is 5.34. The number of benzene rings is 1. The summed E-state index contributed by atoms with van der Waals surface area (Å²) in [5.74, 6) is -0.147. The van der Waals surface area contributed by atoms with E-state index in [2.05, 4.69) is 28.9 Å². The number of nitroso groups, excluding NO2 is 1. The third kappa shape index (κ3) is 3.42. The summed E-state index contributed by atoms with van der Waals surface area (Å²) in [5, 5.41) is 13.5. The number of hydrogen-bond donors (Lipinski definition) is 2. The fourth-order valence-corrected chi connectivity index (χ4v) is 2.83. The van der Waals surface area contributed by atoms with Crippen LogP contribution < -0.4 is 0 Å². The van der Waals surface area contributed by atoms with E-state index in [9.17, 15) is 10.0 Å². The van der Waals surface area contributed by atoms with Crippen molar-refractivity contribution in [2.45, 2.75) is 33.1 Å². The summed E-state index contributed by atoms with van der Waals surface area (Å²) in [6, 6.07) is 5.79.